The molecule has 6 nitrogen and oxygen atoms in total. The van der Waals surface area contributed by atoms with Gasteiger partial charge >= 0.3 is 0 Å². The second-order valence-corrected chi connectivity index (χ2v) is 6.25. The molecule has 0 radical (unpaired) electrons. The van der Waals surface area contributed by atoms with E-state index in [2.05, 4.69) is 15.1 Å². The van der Waals surface area contributed by atoms with E-state index in [1.165, 1.54) is 0 Å². The van der Waals surface area contributed by atoms with Crippen LogP contribution in [0.2, 0.25) is 0 Å². The van der Waals surface area contributed by atoms with Crippen LogP contribution in [-0.4, -0.2) is 73.3 Å². The van der Waals surface area contributed by atoms with E-state index in [9.17, 15) is 4.79 Å². The average Bonchev–Trinajstić information content (AvgIpc) is 2.61. The summed E-state index contributed by atoms with van der Waals surface area (Å²) in [5, 5.41) is 12.1. The van der Waals surface area contributed by atoms with Crippen molar-refractivity contribution in [3.05, 3.63) is 29.8 Å². The molecule has 2 N–H and O–H groups in total. The van der Waals surface area contributed by atoms with Gasteiger partial charge in [0.25, 0.3) is 0 Å². The number of ether oxygens (including phenoxy) is 1. The normalized spacial score (nSPS) is 18.8. The van der Waals surface area contributed by atoms with E-state index in [1.807, 2.05) is 38.1 Å². The van der Waals surface area contributed by atoms with Gasteiger partial charge in [0.15, 0.2) is 0 Å². The minimum absolute atomic E-state index is 0.0315. The highest BCUT2D eigenvalue weighted by atomic mass is 16.5. The van der Waals surface area contributed by atoms with Crippen molar-refractivity contribution >= 4 is 5.91 Å². The number of nitrogens with one attached hydrogen (secondary N) is 1. The molecule has 1 saturated heterocycles. The molecule has 0 aliphatic carbocycles. The molecule has 24 heavy (non-hydrogen) atoms. The van der Waals surface area contributed by atoms with Crippen molar-refractivity contribution in [3.63, 3.8) is 0 Å². The SMILES string of the molecule is COc1ccccc1C(C)NC(=O)C(C)N1CCN(CCO)CC1. The average molecular weight is 335 g/mol. The molecule has 1 aliphatic heterocycles. The largest absolute Gasteiger partial charge is 0.496 e. The molecule has 0 spiro atoms. The number of amides is 1. The van der Waals surface area contributed by atoms with Gasteiger partial charge in [-0.05, 0) is 19.9 Å². The molecule has 134 valence electrons. The van der Waals surface area contributed by atoms with Gasteiger partial charge in [-0.1, -0.05) is 18.2 Å². The Kier molecular flexibility index (Phi) is 7.02. The highest BCUT2D eigenvalue weighted by Gasteiger charge is 2.26. The Balaban J connectivity index is 1.89. The molecular weight excluding hydrogens is 306 g/mol. The van der Waals surface area contributed by atoms with Crippen LogP contribution in [-0.2, 0) is 4.79 Å². The molecule has 6 heteroatoms. The Morgan fingerprint density at radius 1 is 1.25 bits per heavy atom. The smallest absolute Gasteiger partial charge is 0.237 e. The summed E-state index contributed by atoms with van der Waals surface area (Å²) in [6, 6.07) is 7.48. The molecule has 1 aromatic carbocycles. The van der Waals surface area contributed by atoms with Crippen LogP contribution in [0.1, 0.15) is 25.5 Å². The fourth-order valence-electron chi connectivity index (χ4n) is 3.12. The van der Waals surface area contributed by atoms with E-state index in [0.717, 1.165) is 37.5 Å². The van der Waals surface area contributed by atoms with Crippen molar-refractivity contribution in [1.29, 1.82) is 0 Å². The summed E-state index contributed by atoms with van der Waals surface area (Å²) in [6.07, 6.45) is 0. The quantitative estimate of drug-likeness (QED) is 0.774. The van der Waals surface area contributed by atoms with E-state index in [1.54, 1.807) is 7.11 Å². The Labute approximate surface area is 144 Å². The minimum atomic E-state index is -0.168. The van der Waals surface area contributed by atoms with Gasteiger partial charge in [0.1, 0.15) is 5.75 Å². The maximum Gasteiger partial charge on any atom is 0.237 e. The number of β-amino-alcohol motifs (C(OH)–C–C–N with tert-alkyl or cyclic N) is 1. The number of piperazine rings is 1. The van der Waals surface area contributed by atoms with Crippen molar-refractivity contribution < 1.29 is 14.6 Å². The second-order valence-electron chi connectivity index (χ2n) is 6.25. The predicted octanol–water partition coefficient (Wildman–Crippen LogP) is 0.871. The third-order valence-corrected chi connectivity index (χ3v) is 4.71. The molecule has 1 heterocycles. The molecule has 0 bridgehead atoms. The second kappa shape index (κ2) is 9.01. The molecule has 2 rings (SSSR count). The summed E-state index contributed by atoms with van der Waals surface area (Å²) in [5.41, 5.74) is 0.980. The molecule has 1 aliphatic rings. The number of carbonyl (C=O) groups is 1. The number of para-hydroxylation sites is 1. The number of hydrogen-bond donors (Lipinski definition) is 2. The summed E-state index contributed by atoms with van der Waals surface area (Å²) in [6.45, 7) is 8.29. The van der Waals surface area contributed by atoms with Crippen LogP contribution in [0.3, 0.4) is 0 Å². The number of rotatable bonds is 7. The van der Waals surface area contributed by atoms with Crippen molar-refractivity contribution in [2.75, 3.05) is 46.4 Å². The number of benzene rings is 1. The van der Waals surface area contributed by atoms with Gasteiger partial charge in [-0.2, -0.15) is 0 Å². The number of methoxy groups -OCH3 is 1. The van der Waals surface area contributed by atoms with Gasteiger partial charge in [0.2, 0.25) is 5.91 Å². The molecule has 2 atom stereocenters. The van der Waals surface area contributed by atoms with Crippen LogP contribution in [0.4, 0.5) is 0 Å². The van der Waals surface area contributed by atoms with Crippen LogP contribution in [0.15, 0.2) is 24.3 Å². The lowest BCUT2D eigenvalue weighted by molar-refractivity contribution is -0.127. The van der Waals surface area contributed by atoms with Gasteiger partial charge in [-0.15, -0.1) is 0 Å². The lowest BCUT2D eigenvalue weighted by Gasteiger charge is -2.37. The van der Waals surface area contributed by atoms with Crippen molar-refractivity contribution in [2.24, 2.45) is 0 Å². The number of aliphatic hydroxyl groups is 1. The third kappa shape index (κ3) is 4.69. The minimum Gasteiger partial charge on any atom is -0.496 e. The first-order chi connectivity index (χ1) is 11.6. The van der Waals surface area contributed by atoms with Gasteiger partial charge in [-0.25, -0.2) is 0 Å². The van der Waals surface area contributed by atoms with E-state index >= 15 is 0 Å². The van der Waals surface area contributed by atoms with Gasteiger partial charge < -0.3 is 15.2 Å². The highest BCUT2D eigenvalue weighted by molar-refractivity contribution is 5.81. The summed E-state index contributed by atoms with van der Waals surface area (Å²) >= 11 is 0. The van der Waals surface area contributed by atoms with Gasteiger partial charge in [0, 0.05) is 38.3 Å². The van der Waals surface area contributed by atoms with E-state index in [-0.39, 0.29) is 24.6 Å². The van der Waals surface area contributed by atoms with E-state index < -0.39 is 0 Å². The lowest BCUT2D eigenvalue weighted by atomic mass is 10.1. The Bertz CT molecular complexity index is 530. The first-order valence-corrected chi connectivity index (χ1v) is 8.57. The standard InChI is InChI=1S/C18H29N3O3/c1-14(16-6-4-5-7-17(16)24-3)19-18(23)15(2)21-10-8-20(9-11-21)12-13-22/h4-7,14-15,22H,8-13H2,1-3H3,(H,19,23). The third-order valence-electron chi connectivity index (χ3n) is 4.71. The first-order valence-electron chi connectivity index (χ1n) is 8.57. The zero-order valence-electron chi connectivity index (χ0n) is 14.9. The number of carbonyl (C=O) groups excluding carboxylic acids is 1. The zero-order valence-corrected chi connectivity index (χ0v) is 14.9. The molecule has 2 unspecified atom stereocenters. The monoisotopic (exact) mass is 335 g/mol. The zero-order chi connectivity index (χ0) is 17.5. The van der Waals surface area contributed by atoms with Crippen LogP contribution in [0.25, 0.3) is 0 Å². The molecule has 0 aromatic heterocycles. The summed E-state index contributed by atoms with van der Waals surface area (Å²) in [4.78, 5) is 17.0. The molecular formula is C18H29N3O3. The van der Waals surface area contributed by atoms with Gasteiger partial charge in [-0.3, -0.25) is 14.6 Å². The van der Waals surface area contributed by atoms with Crippen LogP contribution in [0, 0.1) is 0 Å². The summed E-state index contributed by atoms with van der Waals surface area (Å²) < 4.78 is 5.37. The fourth-order valence-corrected chi connectivity index (χ4v) is 3.12. The summed E-state index contributed by atoms with van der Waals surface area (Å²) in [7, 11) is 1.64. The Morgan fingerprint density at radius 2 is 1.92 bits per heavy atom. The first kappa shape index (κ1) is 18.7. The lowest BCUT2D eigenvalue weighted by Crippen LogP contribution is -2.54. The molecule has 1 amide bonds. The molecule has 1 aromatic rings. The fraction of sp³-hybridized carbons (Fsp3) is 0.611. The molecule has 0 saturated carbocycles. The Morgan fingerprint density at radius 3 is 2.54 bits per heavy atom. The number of hydrogen-bond acceptors (Lipinski definition) is 5. The highest BCUT2D eigenvalue weighted by Crippen LogP contribution is 2.24. The van der Waals surface area contributed by atoms with Crippen LogP contribution < -0.4 is 10.1 Å². The number of aliphatic hydroxyl groups excluding tert-OH is 1. The topological polar surface area (TPSA) is 65.0 Å². The predicted molar refractivity (Wildman–Crippen MR) is 94.1 cm³/mol. The van der Waals surface area contributed by atoms with Crippen molar-refractivity contribution in [1.82, 2.24) is 15.1 Å². The summed E-state index contributed by atoms with van der Waals surface area (Å²) in [5.74, 6) is 0.819. The van der Waals surface area contributed by atoms with Gasteiger partial charge in [0.05, 0.1) is 25.8 Å². The van der Waals surface area contributed by atoms with Crippen LogP contribution in [0.5, 0.6) is 5.75 Å². The van der Waals surface area contributed by atoms with Crippen LogP contribution >= 0.6 is 0 Å². The van der Waals surface area contributed by atoms with E-state index in [4.69, 9.17) is 9.84 Å². The number of nitrogens with zero attached hydrogens (tertiary/aromatic N) is 2. The maximum atomic E-state index is 12.6. The maximum absolute atomic E-state index is 12.6. The van der Waals surface area contributed by atoms with Crippen molar-refractivity contribution in [2.45, 2.75) is 25.9 Å². The van der Waals surface area contributed by atoms with E-state index in [0.29, 0.717) is 6.54 Å². The molecule has 1 fully saturated rings. The Hall–Kier alpha value is -1.63. The van der Waals surface area contributed by atoms with Crippen molar-refractivity contribution in [3.8, 4) is 5.75 Å².